The second kappa shape index (κ2) is 30.8. The lowest BCUT2D eigenvalue weighted by Gasteiger charge is -2.18. The van der Waals surface area contributed by atoms with Crippen LogP contribution < -0.4 is 63.7 Å². The summed E-state index contributed by atoms with van der Waals surface area (Å²) in [6.45, 7) is 0. The van der Waals surface area contributed by atoms with E-state index in [-0.39, 0.29) is 8.41 Å². The van der Waals surface area contributed by atoms with E-state index >= 15 is 0 Å². The third-order valence-electron chi connectivity index (χ3n) is 12.2. The van der Waals surface area contributed by atoms with Crippen molar-refractivity contribution in [2.45, 2.75) is 0 Å². The second-order valence-corrected chi connectivity index (χ2v) is 26.2. The van der Waals surface area contributed by atoms with Crippen LogP contribution in [0.25, 0.3) is 0 Å². The van der Waals surface area contributed by atoms with Gasteiger partial charge in [-0.3, -0.25) is 0 Å². The van der Waals surface area contributed by atoms with Gasteiger partial charge in [-0.05, 0) is 95.3 Å². The molecule has 12 rings (SSSR count). The minimum Gasteiger partial charge on any atom is -0.0622 e. The summed E-state index contributed by atoms with van der Waals surface area (Å²) in [7, 11) is -1.78. The lowest BCUT2D eigenvalue weighted by Crippen LogP contribution is -2.20. The van der Waals surface area contributed by atoms with Gasteiger partial charge in [-0.1, -0.05) is 364 Å². The summed E-state index contributed by atoms with van der Waals surface area (Å²) < 4.78 is 0. The van der Waals surface area contributed by atoms with Crippen LogP contribution in [-0.2, 0) is 0 Å². The summed E-state index contributed by atoms with van der Waals surface area (Å²) >= 11 is 0. The summed E-state index contributed by atoms with van der Waals surface area (Å²) in [4.78, 5) is 0. The molecule has 0 aliphatic rings. The molecular weight excluding hydrogens is 999 g/mol. The van der Waals surface area contributed by atoms with E-state index in [1.165, 1.54) is 63.7 Å². The second-order valence-electron chi connectivity index (χ2n) is 17.4. The van der Waals surface area contributed by atoms with Gasteiger partial charge in [-0.15, -0.1) is 0 Å². The summed E-state index contributed by atoms with van der Waals surface area (Å²) in [5, 5.41) is 16.8. The van der Waals surface area contributed by atoms with E-state index in [4.69, 9.17) is 0 Å². The van der Waals surface area contributed by atoms with Gasteiger partial charge in [0, 0.05) is 8.41 Å². The molecule has 12 aromatic carbocycles. The van der Waals surface area contributed by atoms with Crippen LogP contribution in [0.3, 0.4) is 0 Å². The fourth-order valence-corrected chi connectivity index (χ4v) is 17.9. The van der Waals surface area contributed by atoms with E-state index in [1.54, 1.807) is 0 Å². The number of hydrogen-bond acceptors (Lipinski definition) is 0. The van der Waals surface area contributed by atoms with Gasteiger partial charge >= 0.3 is 0 Å². The monoisotopic (exact) mass is 1060 g/mol. The van der Waals surface area contributed by atoms with Gasteiger partial charge in [0.05, 0.1) is 0 Å². The minimum absolute atomic E-state index is 0. The molecule has 0 bridgehead atoms. The van der Waals surface area contributed by atoms with E-state index in [0.29, 0.717) is 0 Å². The van der Waals surface area contributed by atoms with Crippen LogP contribution in [0.4, 0.5) is 0 Å². The molecule has 5 heteroatoms. The van der Waals surface area contributed by atoms with Crippen molar-refractivity contribution in [1.82, 2.24) is 0 Å². The lowest BCUT2D eigenvalue weighted by molar-refractivity contribution is 1.74. The Morgan fingerprint density at radius 2 is 0.169 bits per heavy atom. The molecule has 0 aliphatic carbocycles. The lowest BCUT2D eigenvalue weighted by atomic mass is 10.4. The normalized spacial score (nSPS) is 10.4. The van der Waals surface area contributed by atoms with Gasteiger partial charge in [-0.2, -0.15) is 0 Å². The van der Waals surface area contributed by atoms with Crippen molar-refractivity contribution in [3.8, 4) is 0 Å². The van der Waals surface area contributed by atoms with Gasteiger partial charge in [-0.25, -0.2) is 0 Å². The maximum atomic E-state index is 2.23. The zero-order valence-electron chi connectivity index (χ0n) is 43.0. The van der Waals surface area contributed by atoms with Crippen molar-refractivity contribution in [3.63, 3.8) is 0 Å². The molecule has 0 unspecified atom stereocenters. The van der Waals surface area contributed by atoms with Gasteiger partial charge in [0.25, 0.3) is 0 Å². The summed E-state index contributed by atoms with van der Waals surface area (Å²) in [5.41, 5.74) is 0. The first kappa shape index (κ1) is 55.7. The highest BCUT2D eigenvalue weighted by Gasteiger charge is 2.18. The van der Waals surface area contributed by atoms with E-state index in [0.717, 1.165) is 0 Å². The molecule has 0 fully saturated rings. The first-order valence-corrected chi connectivity index (χ1v) is 31.0. The quantitative estimate of drug-likeness (QED) is 0.0845. The molecule has 3 radical (unpaired) electrons. The highest BCUT2D eigenvalue weighted by molar-refractivity contribution is 7.81. The van der Waals surface area contributed by atoms with Gasteiger partial charge in [0.15, 0.2) is 0 Å². The Balaban J connectivity index is 0.000000135. The molecule has 0 aromatic heterocycles. The summed E-state index contributed by atoms with van der Waals surface area (Å²) in [5.74, 6) is 0. The van der Waals surface area contributed by atoms with Crippen LogP contribution in [0.1, 0.15) is 0 Å². The van der Waals surface area contributed by atoms with Crippen LogP contribution in [0, 0.1) is 0 Å². The Hall–Kier alpha value is -7.58. The standard InChI is InChI=1S/4C18H15P.B/c4*1-4-10-16(11-5-1)19(17-12-6-2-7-13-17)18-14-8-3-9-15-18;/h4*1-15H;. The van der Waals surface area contributed by atoms with E-state index in [2.05, 4.69) is 364 Å². The molecule has 12 aromatic rings. The Bertz CT molecular complexity index is 2580. The van der Waals surface area contributed by atoms with Gasteiger partial charge in [0.2, 0.25) is 0 Å². The molecular formula is C72H60BP4. The zero-order valence-corrected chi connectivity index (χ0v) is 46.6. The summed E-state index contributed by atoms with van der Waals surface area (Å²) in [6, 6.07) is 129. The maximum absolute atomic E-state index is 2.23. The zero-order chi connectivity index (χ0) is 51.7. The Kier molecular flexibility index (Phi) is 22.3. The van der Waals surface area contributed by atoms with Crippen LogP contribution in [0.5, 0.6) is 0 Å². The molecule has 0 N–H and O–H groups in total. The molecule has 0 saturated carbocycles. The molecule has 0 atom stereocenters. The van der Waals surface area contributed by atoms with Crippen molar-refractivity contribution in [1.29, 1.82) is 0 Å². The SMILES string of the molecule is [B].c1ccc(P(c2ccccc2)c2ccccc2)cc1.c1ccc(P(c2ccccc2)c2ccccc2)cc1.c1ccc(P(c2ccccc2)c2ccccc2)cc1.c1ccc(P(c2ccccc2)c2ccccc2)cc1. The minimum atomic E-state index is -0.446. The molecule has 0 aliphatic heterocycles. The molecule has 0 nitrogen and oxygen atoms in total. The highest BCUT2D eigenvalue weighted by atomic mass is 31.1. The third kappa shape index (κ3) is 16.2. The topological polar surface area (TPSA) is 0 Å². The Morgan fingerprint density at radius 1 is 0.104 bits per heavy atom. The predicted octanol–water partition coefficient (Wildman–Crippen LogP) is 13.4. The predicted molar refractivity (Wildman–Crippen MR) is 346 cm³/mol. The van der Waals surface area contributed by atoms with Crippen LogP contribution in [0.2, 0.25) is 0 Å². The molecule has 0 saturated heterocycles. The van der Waals surface area contributed by atoms with Crippen molar-refractivity contribution < 1.29 is 0 Å². The average Bonchev–Trinajstić information content (AvgIpc) is 3.51. The number of benzene rings is 12. The van der Waals surface area contributed by atoms with Gasteiger partial charge in [0.1, 0.15) is 0 Å². The van der Waals surface area contributed by atoms with Crippen LogP contribution >= 0.6 is 31.7 Å². The molecule has 371 valence electrons. The molecule has 77 heavy (non-hydrogen) atoms. The number of rotatable bonds is 12. The van der Waals surface area contributed by atoms with Crippen molar-refractivity contribution in [2.75, 3.05) is 0 Å². The average molecular weight is 1060 g/mol. The maximum Gasteiger partial charge on any atom is 0 e. The Labute approximate surface area is 464 Å². The van der Waals surface area contributed by atoms with E-state index in [9.17, 15) is 0 Å². The van der Waals surface area contributed by atoms with Crippen molar-refractivity contribution in [3.05, 3.63) is 364 Å². The Morgan fingerprint density at radius 3 is 0.234 bits per heavy atom. The fourth-order valence-electron chi connectivity index (χ4n) is 8.71. The molecule has 0 heterocycles. The van der Waals surface area contributed by atoms with Crippen molar-refractivity contribution >= 4 is 104 Å². The van der Waals surface area contributed by atoms with Crippen LogP contribution in [-0.4, -0.2) is 8.41 Å². The largest absolute Gasteiger partial charge is 0.0622 e. The summed E-state index contributed by atoms with van der Waals surface area (Å²) in [6.07, 6.45) is 0. The number of hydrogen-bond donors (Lipinski definition) is 0. The van der Waals surface area contributed by atoms with E-state index in [1.807, 2.05) is 0 Å². The third-order valence-corrected chi connectivity index (χ3v) is 21.9. The van der Waals surface area contributed by atoms with E-state index < -0.39 is 31.7 Å². The fraction of sp³-hybridized carbons (Fsp3) is 0. The highest BCUT2D eigenvalue weighted by Crippen LogP contribution is 2.35. The van der Waals surface area contributed by atoms with Gasteiger partial charge < -0.3 is 0 Å². The van der Waals surface area contributed by atoms with Crippen molar-refractivity contribution in [2.24, 2.45) is 0 Å². The first-order chi connectivity index (χ1) is 37.8. The molecule has 0 spiro atoms. The molecule has 0 amide bonds. The van der Waals surface area contributed by atoms with Crippen LogP contribution in [0.15, 0.2) is 364 Å². The first-order valence-electron chi connectivity index (χ1n) is 25.6. The smallest absolute Gasteiger partial charge is 0 e.